The minimum Gasteiger partial charge on any atom is -0.342 e. The zero-order valence-corrected chi connectivity index (χ0v) is 17.9. The molecule has 2 aromatic rings. The number of hydrogen-bond acceptors (Lipinski definition) is 3. The van der Waals surface area contributed by atoms with Crippen LogP contribution >= 0.6 is 0 Å². The van der Waals surface area contributed by atoms with E-state index in [4.69, 9.17) is 4.74 Å². The first-order chi connectivity index (χ1) is 14.9. The van der Waals surface area contributed by atoms with Crippen molar-refractivity contribution in [1.82, 2.24) is 9.80 Å². The summed E-state index contributed by atoms with van der Waals surface area (Å²) in [5.41, 5.74) is 1.99. The van der Waals surface area contributed by atoms with Crippen molar-refractivity contribution in [3.05, 3.63) is 70.5 Å². The normalized spacial score (nSPS) is 24.7. The maximum absolute atomic E-state index is 14.0. The number of rotatable bonds is 2. The molecule has 0 N–H and O–H groups in total. The van der Waals surface area contributed by atoms with Gasteiger partial charge in [0.1, 0.15) is 12.0 Å². The van der Waals surface area contributed by atoms with Gasteiger partial charge in [-0.3, -0.25) is 9.59 Å². The lowest BCUT2D eigenvalue weighted by molar-refractivity contribution is -0.142. The molecule has 2 amide bonds. The fourth-order valence-corrected chi connectivity index (χ4v) is 5.35. The second-order valence-electron chi connectivity index (χ2n) is 8.99. The second-order valence-corrected chi connectivity index (χ2v) is 8.99. The Kier molecular flexibility index (Phi) is 4.85. The first-order valence-corrected chi connectivity index (χ1v) is 11.0. The van der Waals surface area contributed by atoms with Crippen LogP contribution in [0.3, 0.4) is 0 Å². The summed E-state index contributed by atoms with van der Waals surface area (Å²) < 4.78 is 20.4. The Labute approximate surface area is 181 Å². The number of nitrogens with zero attached hydrogens (tertiary/aromatic N) is 2. The van der Waals surface area contributed by atoms with Crippen LogP contribution in [0.4, 0.5) is 4.39 Å². The van der Waals surface area contributed by atoms with Crippen LogP contribution in [0.5, 0.6) is 0 Å². The Morgan fingerprint density at radius 2 is 1.77 bits per heavy atom. The van der Waals surface area contributed by atoms with Crippen molar-refractivity contribution < 1.29 is 18.7 Å². The van der Waals surface area contributed by atoms with Crippen molar-refractivity contribution in [2.24, 2.45) is 0 Å². The van der Waals surface area contributed by atoms with E-state index in [0.29, 0.717) is 37.1 Å². The Morgan fingerprint density at radius 1 is 1.06 bits per heavy atom. The molecule has 5 nitrogen and oxygen atoms in total. The van der Waals surface area contributed by atoms with Crippen LogP contribution in [0.2, 0.25) is 0 Å². The molecule has 3 fully saturated rings. The highest BCUT2D eigenvalue weighted by atomic mass is 19.1. The van der Waals surface area contributed by atoms with E-state index in [2.05, 4.69) is 12.1 Å². The van der Waals surface area contributed by atoms with Crippen molar-refractivity contribution in [2.75, 3.05) is 13.1 Å². The molecule has 3 aliphatic rings. The van der Waals surface area contributed by atoms with E-state index >= 15 is 0 Å². The molecule has 0 aliphatic carbocycles. The Hall–Kier alpha value is -2.73. The van der Waals surface area contributed by atoms with Gasteiger partial charge in [-0.05, 0) is 49.4 Å². The lowest BCUT2D eigenvalue weighted by Crippen LogP contribution is -2.51. The van der Waals surface area contributed by atoms with E-state index in [1.165, 1.54) is 6.07 Å². The predicted octanol–water partition coefficient (Wildman–Crippen LogP) is 4.14. The monoisotopic (exact) mass is 422 g/mol. The number of carbonyl (C=O) groups excluding carboxylic acids is 2. The van der Waals surface area contributed by atoms with Crippen LogP contribution in [-0.2, 0) is 9.53 Å². The van der Waals surface area contributed by atoms with E-state index in [1.807, 2.05) is 30.0 Å². The Morgan fingerprint density at radius 3 is 2.48 bits per heavy atom. The van der Waals surface area contributed by atoms with Gasteiger partial charge >= 0.3 is 0 Å². The molecule has 0 bridgehead atoms. The van der Waals surface area contributed by atoms with Crippen molar-refractivity contribution in [1.29, 1.82) is 0 Å². The summed E-state index contributed by atoms with van der Waals surface area (Å²) in [6.45, 7) is 4.37. The molecule has 162 valence electrons. The topological polar surface area (TPSA) is 49.9 Å². The van der Waals surface area contributed by atoms with Crippen LogP contribution in [0.1, 0.15) is 58.8 Å². The van der Waals surface area contributed by atoms with Crippen LogP contribution in [0.15, 0.2) is 42.5 Å². The van der Waals surface area contributed by atoms with Crippen LogP contribution in [-0.4, -0.2) is 46.5 Å². The third-order valence-corrected chi connectivity index (χ3v) is 7.10. The first kappa shape index (κ1) is 20.2. The van der Waals surface area contributed by atoms with Crippen molar-refractivity contribution >= 4 is 11.8 Å². The molecular weight excluding hydrogens is 395 g/mol. The Balaban J connectivity index is 1.31. The van der Waals surface area contributed by atoms with E-state index < -0.39 is 5.60 Å². The van der Waals surface area contributed by atoms with Crippen LogP contribution in [0.25, 0.3) is 0 Å². The van der Waals surface area contributed by atoms with Crippen molar-refractivity contribution in [2.45, 2.75) is 57.4 Å². The maximum Gasteiger partial charge on any atom is 0.257 e. The number of amides is 2. The minimum absolute atomic E-state index is 0.0495. The number of carbonyl (C=O) groups is 2. The molecule has 5 rings (SSSR count). The summed E-state index contributed by atoms with van der Waals surface area (Å²) >= 11 is 0. The molecule has 0 saturated carbocycles. The lowest BCUT2D eigenvalue weighted by Gasteiger charge is -2.37. The molecule has 3 heterocycles. The molecule has 3 saturated heterocycles. The van der Waals surface area contributed by atoms with E-state index in [0.717, 1.165) is 24.0 Å². The van der Waals surface area contributed by atoms with Gasteiger partial charge in [-0.1, -0.05) is 36.4 Å². The highest BCUT2D eigenvalue weighted by molar-refractivity contribution is 5.96. The largest absolute Gasteiger partial charge is 0.342 e. The van der Waals surface area contributed by atoms with Gasteiger partial charge < -0.3 is 14.5 Å². The fraction of sp³-hybridized carbons (Fsp3) is 0.440. The summed E-state index contributed by atoms with van der Waals surface area (Å²) in [5, 5.41) is 0. The van der Waals surface area contributed by atoms with Gasteiger partial charge in [-0.15, -0.1) is 0 Å². The molecule has 0 radical (unpaired) electrons. The van der Waals surface area contributed by atoms with E-state index in [1.54, 1.807) is 17.9 Å². The number of hydrogen-bond donors (Lipinski definition) is 0. The third-order valence-electron chi connectivity index (χ3n) is 7.10. The number of benzene rings is 2. The fourth-order valence-electron chi connectivity index (χ4n) is 5.35. The highest BCUT2D eigenvalue weighted by Gasteiger charge is 2.58. The summed E-state index contributed by atoms with van der Waals surface area (Å²) in [6, 6.07) is 13.2. The van der Waals surface area contributed by atoms with Gasteiger partial charge in [-0.2, -0.15) is 0 Å². The van der Waals surface area contributed by atoms with Gasteiger partial charge in [0.05, 0.1) is 6.04 Å². The van der Waals surface area contributed by atoms with Crippen LogP contribution in [0, 0.1) is 19.7 Å². The molecule has 3 aliphatic heterocycles. The maximum atomic E-state index is 14.0. The number of likely N-dealkylation sites (tertiary alicyclic amines) is 1. The molecular formula is C25H27FN2O3. The molecule has 6 heteroatoms. The number of halogens is 1. The average Bonchev–Trinajstić information content (AvgIpc) is 3.30. The molecule has 0 unspecified atom stereocenters. The van der Waals surface area contributed by atoms with E-state index in [9.17, 15) is 14.0 Å². The second kappa shape index (κ2) is 7.45. The standard InChI is InChI=1S/C25H27FN2O3/c1-16-14-17(2)20(26)15-19(16)23(29)27-12-10-25(11-13-27)24(30)28-21(8-9-22(28)31-25)18-6-4-3-5-7-18/h3-7,14-15,21-22H,8-13H2,1-2H3/t21-,22+/m0/s1. The minimum atomic E-state index is -0.845. The van der Waals surface area contributed by atoms with Gasteiger partial charge in [0, 0.05) is 31.5 Å². The zero-order chi connectivity index (χ0) is 21.8. The van der Waals surface area contributed by atoms with Crippen molar-refractivity contribution in [3.63, 3.8) is 0 Å². The van der Waals surface area contributed by atoms with Gasteiger partial charge in [-0.25, -0.2) is 4.39 Å². The number of ether oxygens (including phenoxy) is 1. The summed E-state index contributed by atoms with van der Waals surface area (Å²) in [6.07, 6.45) is 2.49. The summed E-state index contributed by atoms with van der Waals surface area (Å²) in [4.78, 5) is 30.1. The number of aryl methyl sites for hydroxylation is 2. The third kappa shape index (κ3) is 3.24. The average molecular weight is 423 g/mol. The smallest absolute Gasteiger partial charge is 0.257 e. The quantitative estimate of drug-likeness (QED) is 0.731. The summed E-state index contributed by atoms with van der Waals surface area (Å²) in [5.74, 6) is -0.503. The molecule has 1 spiro atoms. The first-order valence-electron chi connectivity index (χ1n) is 11.0. The molecule has 2 aromatic carbocycles. The number of fused-ring (bicyclic) bond motifs is 1. The number of piperidine rings is 1. The zero-order valence-electron chi connectivity index (χ0n) is 17.9. The van der Waals surface area contributed by atoms with Gasteiger partial charge in [0.2, 0.25) is 0 Å². The highest BCUT2D eigenvalue weighted by Crippen LogP contribution is 2.47. The van der Waals surface area contributed by atoms with E-state index in [-0.39, 0.29) is 29.9 Å². The lowest BCUT2D eigenvalue weighted by atomic mass is 9.89. The predicted molar refractivity (Wildman–Crippen MR) is 114 cm³/mol. The SMILES string of the molecule is Cc1cc(C)c(C(=O)N2CCC3(CC2)O[C@@H]2CC[C@@H](c4ccccc4)N2C3=O)cc1F. The van der Waals surface area contributed by atoms with Gasteiger partial charge in [0.25, 0.3) is 11.8 Å². The molecule has 0 aromatic heterocycles. The summed E-state index contributed by atoms with van der Waals surface area (Å²) in [7, 11) is 0. The van der Waals surface area contributed by atoms with Gasteiger partial charge in [0.15, 0.2) is 5.60 Å². The van der Waals surface area contributed by atoms with Crippen molar-refractivity contribution in [3.8, 4) is 0 Å². The molecule has 31 heavy (non-hydrogen) atoms. The Bertz CT molecular complexity index is 1030. The molecule has 2 atom stereocenters. The van der Waals surface area contributed by atoms with Crippen LogP contribution < -0.4 is 0 Å².